The smallest absolute Gasteiger partial charge is 0.379 e. The maximum absolute atomic E-state index is 12.3. The Labute approximate surface area is 165 Å². The number of allylic oxidation sites excluding steroid dienone is 2. The fraction of sp³-hybridized carbons (Fsp3) is 0.286. The van der Waals surface area contributed by atoms with Crippen molar-refractivity contribution in [3.63, 3.8) is 0 Å². The van der Waals surface area contributed by atoms with E-state index in [-0.39, 0.29) is 12.5 Å². The molecule has 4 rings (SSSR count). The van der Waals surface area contributed by atoms with Crippen molar-refractivity contribution in [2.75, 3.05) is 0 Å². The molecule has 1 N–H and O–H groups in total. The highest BCUT2D eigenvalue weighted by molar-refractivity contribution is 5.99. The van der Waals surface area contributed by atoms with Gasteiger partial charge in [-0.05, 0) is 37.3 Å². The number of benzene rings is 1. The van der Waals surface area contributed by atoms with E-state index in [1.807, 2.05) is 18.2 Å². The molecule has 8 heteroatoms. The molecule has 0 fully saturated rings. The molecule has 1 aliphatic rings. The third-order valence-corrected chi connectivity index (χ3v) is 4.49. The number of hydrogen-bond acceptors (Lipinski definition) is 4. The topological polar surface area (TPSA) is 68.0 Å². The first-order chi connectivity index (χ1) is 14.0. The van der Waals surface area contributed by atoms with Crippen LogP contribution in [0.2, 0.25) is 0 Å². The molecule has 2 heterocycles. The van der Waals surface area contributed by atoms with Gasteiger partial charge in [0.2, 0.25) is 5.89 Å². The molecule has 3 aromatic rings. The average Bonchev–Trinajstić information content (AvgIpc) is 3.25. The van der Waals surface area contributed by atoms with E-state index >= 15 is 0 Å². The summed E-state index contributed by atoms with van der Waals surface area (Å²) in [6, 6.07) is 8.04. The number of carbonyl (C=O) groups excluding carboxylic acids is 1. The fourth-order valence-electron chi connectivity index (χ4n) is 3.23. The highest BCUT2D eigenvalue weighted by atomic mass is 19.4. The van der Waals surface area contributed by atoms with E-state index in [1.54, 1.807) is 12.4 Å². The van der Waals surface area contributed by atoms with Gasteiger partial charge in [-0.15, -0.1) is 0 Å². The lowest BCUT2D eigenvalue weighted by molar-refractivity contribution is 0.00818. The van der Waals surface area contributed by atoms with E-state index < -0.39 is 6.68 Å². The molecular formula is C21H20F3N3O2. The maximum Gasteiger partial charge on any atom is 0.379 e. The molecule has 0 saturated heterocycles. The van der Waals surface area contributed by atoms with Gasteiger partial charge in [0.25, 0.3) is 5.91 Å². The van der Waals surface area contributed by atoms with Crippen molar-refractivity contribution in [1.29, 1.82) is 0 Å². The number of rotatable bonds is 4. The first-order valence-corrected chi connectivity index (χ1v) is 9.21. The van der Waals surface area contributed by atoms with Crippen molar-refractivity contribution >= 4 is 22.4 Å². The molecule has 5 nitrogen and oxygen atoms in total. The zero-order valence-corrected chi connectivity index (χ0v) is 15.6. The minimum absolute atomic E-state index is 0.185. The van der Waals surface area contributed by atoms with Gasteiger partial charge in [0.1, 0.15) is 6.26 Å². The minimum atomic E-state index is -3.67. The molecule has 0 radical (unpaired) electrons. The number of para-hydroxylation sites is 1. The van der Waals surface area contributed by atoms with Crippen molar-refractivity contribution in [2.45, 2.75) is 38.9 Å². The quantitative estimate of drug-likeness (QED) is 0.643. The molecule has 0 bridgehead atoms. The molecule has 152 valence electrons. The second kappa shape index (κ2) is 9.86. The van der Waals surface area contributed by atoms with Gasteiger partial charge in [-0.25, -0.2) is 4.98 Å². The van der Waals surface area contributed by atoms with E-state index in [2.05, 4.69) is 27.4 Å². The molecule has 1 aliphatic carbocycles. The molecule has 1 aromatic carbocycles. The van der Waals surface area contributed by atoms with Crippen LogP contribution in [0.25, 0.3) is 16.5 Å². The number of amides is 1. The van der Waals surface area contributed by atoms with Crippen LogP contribution in [0.1, 0.15) is 47.5 Å². The second-order valence-corrected chi connectivity index (χ2v) is 6.43. The Morgan fingerprint density at radius 2 is 2.03 bits per heavy atom. The Bertz CT molecular complexity index is 985. The number of carbonyl (C=O) groups is 1. The summed E-state index contributed by atoms with van der Waals surface area (Å²) in [5, 5.41) is 3.78. The van der Waals surface area contributed by atoms with Crippen molar-refractivity contribution < 1.29 is 22.4 Å². The van der Waals surface area contributed by atoms with Gasteiger partial charge in [-0.3, -0.25) is 9.78 Å². The standard InChI is InChI=1S/C20H19N3O2.CHF3/c24-20(23-13-18-21-9-10-25-18)16-11-15-7-4-8-17(19(15)22-12-16)14-5-2-1-3-6-14;2-1(3)4/h4-5,7-12H,1-3,6,13H2,(H,23,24);1H. The van der Waals surface area contributed by atoms with Crippen molar-refractivity contribution in [3.05, 3.63) is 66.0 Å². The molecule has 0 saturated carbocycles. The third-order valence-electron chi connectivity index (χ3n) is 4.49. The fourth-order valence-corrected chi connectivity index (χ4v) is 3.23. The number of fused-ring (bicyclic) bond motifs is 1. The molecule has 29 heavy (non-hydrogen) atoms. The summed E-state index contributed by atoms with van der Waals surface area (Å²) in [5.41, 5.74) is 4.04. The number of oxazole rings is 1. The van der Waals surface area contributed by atoms with Crippen molar-refractivity contribution in [3.8, 4) is 0 Å². The van der Waals surface area contributed by atoms with Crippen LogP contribution in [0.15, 0.2) is 53.4 Å². The molecule has 0 aliphatic heterocycles. The van der Waals surface area contributed by atoms with E-state index in [0.29, 0.717) is 11.5 Å². The summed E-state index contributed by atoms with van der Waals surface area (Å²) in [5.74, 6) is 0.295. The highest BCUT2D eigenvalue weighted by Gasteiger charge is 2.13. The predicted octanol–water partition coefficient (Wildman–Crippen LogP) is 5.29. The van der Waals surface area contributed by atoms with Crippen LogP contribution in [0, 0.1) is 0 Å². The van der Waals surface area contributed by atoms with Gasteiger partial charge in [0, 0.05) is 17.1 Å². The predicted molar refractivity (Wildman–Crippen MR) is 103 cm³/mol. The van der Waals surface area contributed by atoms with E-state index in [4.69, 9.17) is 4.42 Å². The lowest BCUT2D eigenvalue weighted by Gasteiger charge is -2.14. The zero-order chi connectivity index (χ0) is 20.6. The summed E-state index contributed by atoms with van der Waals surface area (Å²) in [7, 11) is 0. The molecule has 0 spiro atoms. The Balaban J connectivity index is 0.000000552. The summed E-state index contributed by atoms with van der Waals surface area (Å²) in [6.07, 6.45) is 11.7. The summed E-state index contributed by atoms with van der Waals surface area (Å²) in [6.45, 7) is -3.41. The lowest BCUT2D eigenvalue weighted by atomic mass is 9.92. The van der Waals surface area contributed by atoms with Crippen LogP contribution in [0.3, 0.4) is 0 Å². The Morgan fingerprint density at radius 3 is 2.72 bits per heavy atom. The van der Waals surface area contributed by atoms with Crippen molar-refractivity contribution in [1.82, 2.24) is 15.3 Å². The molecule has 0 unspecified atom stereocenters. The lowest BCUT2D eigenvalue weighted by Crippen LogP contribution is -2.23. The highest BCUT2D eigenvalue weighted by Crippen LogP contribution is 2.31. The number of hydrogen-bond donors (Lipinski definition) is 1. The zero-order valence-electron chi connectivity index (χ0n) is 15.6. The molecule has 0 atom stereocenters. The Hall–Kier alpha value is -3.16. The van der Waals surface area contributed by atoms with Gasteiger partial charge in [0.05, 0.1) is 23.8 Å². The largest absolute Gasteiger partial charge is 0.447 e. The Kier molecular flexibility index (Phi) is 6.99. The van der Waals surface area contributed by atoms with Crippen LogP contribution < -0.4 is 5.32 Å². The number of aromatic nitrogens is 2. The monoisotopic (exact) mass is 403 g/mol. The van der Waals surface area contributed by atoms with E-state index in [0.717, 1.165) is 23.7 Å². The van der Waals surface area contributed by atoms with Gasteiger partial charge in [0.15, 0.2) is 0 Å². The number of pyridine rings is 1. The number of nitrogens with one attached hydrogen (secondary N) is 1. The van der Waals surface area contributed by atoms with E-state index in [1.165, 1.54) is 30.2 Å². The van der Waals surface area contributed by atoms with Gasteiger partial charge < -0.3 is 9.73 Å². The number of halogens is 3. The summed E-state index contributed by atoms with van der Waals surface area (Å²) >= 11 is 0. The van der Waals surface area contributed by atoms with Crippen LogP contribution in [-0.4, -0.2) is 22.6 Å². The summed E-state index contributed by atoms with van der Waals surface area (Å²) in [4.78, 5) is 20.9. The maximum atomic E-state index is 12.3. The van der Waals surface area contributed by atoms with Gasteiger partial charge >= 0.3 is 6.68 Å². The second-order valence-electron chi connectivity index (χ2n) is 6.43. The summed E-state index contributed by atoms with van der Waals surface area (Å²) < 4.78 is 34.1. The van der Waals surface area contributed by atoms with Gasteiger partial charge in [-0.1, -0.05) is 24.3 Å². The third kappa shape index (κ3) is 5.66. The van der Waals surface area contributed by atoms with Crippen LogP contribution in [-0.2, 0) is 6.54 Å². The van der Waals surface area contributed by atoms with E-state index in [9.17, 15) is 18.0 Å². The van der Waals surface area contributed by atoms with Crippen LogP contribution in [0.4, 0.5) is 13.2 Å². The SMILES string of the molecule is FC(F)F.O=C(NCc1ncco1)c1cnc2c(C3=CCCCC3)cccc2c1. The minimum Gasteiger partial charge on any atom is -0.447 e. The van der Waals surface area contributed by atoms with Crippen molar-refractivity contribution in [2.24, 2.45) is 0 Å². The van der Waals surface area contributed by atoms with Crippen LogP contribution in [0.5, 0.6) is 0 Å². The number of alkyl halides is 3. The van der Waals surface area contributed by atoms with Gasteiger partial charge in [-0.2, -0.15) is 13.2 Å². The first-order valence-electron chi connectivity index (χ1n) is 9.21. The average molecular weight is 403 g/mol. The Morgan fingerprint density at radius 1 is 1.21 bits per heavy atom. The molecule has 2 aromatic heterocycles. The molecular weight excluding hydrogens is 383 g/mol. The number of nitrogens with zero attached hydrogens (tertiary/aromatic N) is 2. The first kappa shape index (κ1) is 20.6. The van der Waals surface area contributed by atoms with Crippen LogP contribution >= 0.6 is 0 Å². The normalized spacial score (nSPS) is 13.6. The molecule has 1 amide bonds.